The molecule has 0 bridgehead atoms. The molecule has 3 nitrogen and oxygen atoms in total. The molecule has 0 aliphatic heterocycles. The highest BCUT2D eigenvalue weighted by Gasteiger charge is 2.35. The van der Waals surface area contributed by atoms with Crippen LogP contribution >= 0.6 is 0 Å². The average Bonchev–Trinajstić information content (AvgIpc) is 2.79. The fraction of sp³-hybridized carbons (Fsp3) is 0.562. The molecular weight excluding hydrogens is 236 g/mol. The number of nitrogens with two attached hydrogens (primary N) is 1. The molecule has 1 aromatic rings. The van der Waals surface area contributed by atoms with Gasteiger partial charge in [0.2, 0.25) is 5.91 Å². The SMILES string of the molecule is NCCN(C(=O)C1Cc2ccccc2C1)C1CCC1. The van der Waals surface area contributed by atoms with Crippen molar-refractivity contribution >= 4 is 5.91 Å². The third kappa shape index (κ3) is 2.39. The zero-order valence-electron chi connectivity index (χ0n) is 11.3. The molecule has 0 spiro atoms. The van der Waals surface area contributed by atoms with Gasteiger partial charge in [-0.25, -0.2) is 0 Å². The second-order valence-corrected chi connectivity index (χ2v) is 5.78. The Kier molecular flexibility index (Phi) is 3.56. The van der Waals surface area contributed by atoms with E-state index >= 15 is 0 Å². The summed E-state index contributed by atoms with van der Waals surface area (Å²) in [6, 6.07) is 8.89. The lowest BCUT2D eigenvalue weighted by Crippen LogP contribution is -2.49. The lowest BCUT2D eigenvalue weighted by Gasteiger charge is -2.38. The summed E-state index contributed by atoms with van der Waals surface area (Å²) in [4.78, 5) is 14.8. The summed E-state index contributed by atoms with van der Waals surface area (Å²) < 4.78 is 0. The van der Waals surface area contributed by atoms with Gasteiger partial charge < -0.3 is 10.6 Å². The Bertz CT molecular complexity index is 443. The Morgan fingerprint density at radius 2 is 1.84 bits per heavy atom. The maximum absolute atomic E-state index is 12.7. The van der Waals surface area contributed by atoms with Gasteiger partial charge in [0.25, 0.3) is 0 Å². The first-order valence-corrected chi connectivity index (χ1v) is 7.37. The standard InChI is InChI=1S/C16H22N2O/c17-8-9-18(15-6-3-7-15)16(19)14-10-12-4-1-2-5-13(12)11-14/h1-2,4-5,14-15H,3,6-11,17H2. The maximum atomic E-state index is 12.7. The van der Waals surface area contributed by atoms with Crippen molar-refractivity contribution in [2.24, 2.45) is 11.7 Å². The van der Waals surface area contributed by atoms with E-state index in [4.69, 9.17) is 5.73 Å². The Morgan fingerprint density at radius 1 is 1.21 bits per heavy atom. The number of carbonyl (C=O) groups excluding carboxylic acids is 1. The van der Waals surface area contributed by atoms with Crippen molar-refractivity contribution < 1.29 is 4.79 Å². The molecule has 3 rings (SSSR count). The van der Waals surface area contributed by atoms with Crippen LogP contribution in [-0.4, -0.2) is 29.9 Å². The van der Waals surface area contributed by atoms with Gasteiger partial charge in [0.1, 0.15) is 0 Å². The topological polar surface area (TPSA) is 46.3 Å². The molecule has 3 heteroatoms. The number of nitrogens with zero attached hydrogens (tertiary/aromatic N) is 1. The molecule has 2 N–H and O–H groups in total. The molecule has 1 saturated carbocycles. The maximum Gasteiger partial charge on any atom is 0.226 e. The zero-order chi connectivity index (χ0) is 13.2. The lowest BCUT2D eigenvalue weighted by atomic mass is 9.90. The molecule has 1 fully saturated rings. The third-order valence-electron chi connectivity index (χ3n) is 4.57. The molecule has 1 amide bonds. The highest BCUT2D eigenvalue weighted by Crippen LogP contribution is 2.31. The van der Waals surface area contributed by atoms with Crippen LogP contribution in [0, 0.1) is 5.92 Å². The lowest BCUT2D eigenvalue weighted by molar-refractivity contribution is -0.139. The molecule has 0 radical (unpaired) electrons. The van der Waals surface area contributed by atoms with Crippen molar-refractivity contribution in [2.45, 2.75) is 38.1 Å². The van der Waals surface area contributed by atoms with E-state index in [0.29, 0.717) is 18.5 Å². The largest absolute Gasteiger partial charge is 0.338 e. The second kappa shape index (κ2) is 5.33. The summed E-state index contributed by atoms with van der Waals surface area (Å²) in [5.74, 6) is 0.468. The predicted molar refractivity (Wildman–Crippen MR) is 75.7 cm³/mol. The van der Waals surface area contributed by atoms with Crippen LogP contribution in [0.25, 0.3) is 0 Å². The monoisotopic (exact) mass is 258 g/mol. The number of amides is 1. The van der Waals surface area contributed by atoms with Crippen molar-refractivity contribution in [3.05, 3.63) is 35.4 Å². The number of rotatable bonds is 4. The van der Waals surface area contributed by atoms with Crippen molar-refractivity contribution in [1.82, 2.24) is 4.90 Å². The van der Waals surface area contributed by atoms with Crippen LogP contribution in [0.2, 0.25) is 0 Å². The van der Waals surface area contributed by atoms with Crippen LogP contribution in [-0.2, 0) is 17.6 Å². The summed E-state index contributed by atoms with van der Waals surface area (Å²) in [6.07, 6.45) is 5.38. The minimum absolute atomic E-state index is 0.143. The second-order valence-electron chi connectivity index (χ2n) is 5.78. The van der Waals surface area contributed by atoms with Gasteiger partial charge in [-0.15, -0.1) is 0 Å². The van der Waals surface area contributed by atoms with E-state index in [1.165, 1.54) is 17.5 Å². The van der Waals surface area contributed by atoms with E-state index in [1.807, 2.05) is 0 Å². The summed E-state index contributed by atoms with van der Waals surface area (Å²) in [5, 5.41) is 0. The van der Waals surface area contributed by atoms with Crippen LogP contribution in [0.3, 0.4) is 0 Å². The molecule has 2 aliphatic carbocycles. The highest BCUT2D eigenvalue weighted by molar-refractivity contribution is 5.81. The van der Waals surface area contributed by atoms with Gasteiger partial charge in [-0.2, -0.15) is 0 Å². The molecule has 0 saturated heterocycles. The smallest absolute Gasteiger partial charge is 0.226 e. The minimum atomic E-state index is 0.143. The summed E-state index contributed by atoms with van der Waals surface area (Å²) >= 11 is 0. The number of fused-ring (bicyclic) bond motifs is 1. The summed E-state index contributed by atoms with van der Waals surface area (Å²) in [7, 11) is 0. The number of benzene rings is 1. The van der Waals surface area contributed by atoms with Gasteiger partial charge in [0, 0.05) is 25.0 Å². The van der Waals surface area contributed by atoms with Gasteiger partial charge in [-0.05, 0) is 43.2 Å². The van der Waals surface area contributed by atoms with E-state index in [0.717, 1.165) is 32.2 Å². The van der Waals surface area contributed by atoms with Crippen LogP contribution in [0.4, 0.5) is 0 Å². The van der Waals surface area contributed by atoms with E-state index < -0.39 is 0 Å². The molecule has 0 atom stereocenters. The number of hydrogen-bond donors (Lipinski definition) is 1. The fourth-order valence-corrected chi connectivity index (χ4v) is 3.28. The summed E-state index contributed by atoms with van der Waals surface area (Å²) in [6.45, 7) is 1.29. The molecule has 0 aromatic heterocycles. The first kappa shape index (κ1) is 12.7. The zero-order valence-corrected chi connectivity index (χ0v) is 11.3. The van der Waals surface area contributed by atoms with Crippen LogP contribution in [0.5, 0.6) is 0 Å². The van der Waals surface area contributed by atoms with E-state index in [9.17, 15) is 4.79 Å². The summed E-state index contributed by atoms with van der Waals surface area (Å²) in [5.41, 5.74) is 8.37. The normalized spacial score (nSPS) is 19.0. The number of hydrogen-bond acceptors (Lipinski definition) is 2. The van der Waals surface area contributed by atoms with Crippen molar-refractivity contribution in [1.29, 1.82) is 0 Å². The first-order valence-electron chi connectivity index (χ1n) is 7.37. The van der Waals surface area contributed by atoms with Gasteiger partial charge >= 0.3 is 0 Å². The van der Waals surface area contributed by atoms with Gasteiger partial charge in [-0.1, -0.05) is 24.3 Å². The van der Waals surface area contributed by atoms with E-state index in [1.54, 1.807) is 0 Å². The van der Waals surface area contributed by atoms with E-state index in [2.05, 4.69) is 29.2 Å². The first-order chi connectivity index (χ1) is 9.29. The van der Waals surface area contributed by atoms with Gasteiger partial charge in [0.05, 0.1) is 0 Å². The highest BCUT2D eigenvalue weighted by atomic mass is 16.2. The molecule has 2 aliphatic rings. The Hall–Kier alpha value is -1.35. The van der Waals surface area contributed by atoms with Crippen molar-refractivity contribution in [3.8, 4) is 0 Å². The Morgan fingerprint density at radius 3 is 2.32 bits per heavy atom. The van der Waals surface area contributed by atoms with Gasteiger partial charge in [0.15, 0.2) is 0 Å². The molecule has 102 valence electrons. The van der Waals surface area contributed by atoms with Crippen molar-refractivity contribution in [3.63, 3.8) is 0 Å². The average molecular weight is 258 g/mol. The van der Waals surface area contributed by atoms with Crippen LogP contribution in [0.1, 0.15) is 30.4 Å². The molecule has 0 unspecified atom stereocenters. The van der Waals surface area contributed by atoms with Crippen LogP contribution in [0.15, 0.2) is 24.3 Å². The number of carbonyl (C=O) groups is 1. The third-order valence-corrected chi connectivity index (χ3v) is 4.57. The fourth-order valence-electron chi connectivity index (χ4n) is 3.28. The van der Waals surface area contributed by atoms with Gasteiger partial charge in [-0.3, -0.25) is 4.79 Å². The minimum Gasteiger partial charge on any atom is -0.338 e. The molecule has 19 heavy (non-hydrogen) atoms. The van der Waals surface area contributed by atoms with E-state index in [-0.39, 0.29) is 5.92 Å². The molecule has 0 heterocycles. The van der Waals surface area contributed by atoms with Crippen LogP contribution < -0.4 is 5.73 Å². The quantitative estimate of drug-likeness (QED) is 0.894. The van der Waals surface area contributed by atoms with Crippen molar-refractivity contribution in [2.75, 3.05) is 13.1 Å². The Balaban J connectivity index is 1.70. The predicted octanol–water partition coefficient (Wildman–Crippen LogP) is 1.74. The molecular formula is C16H22N2O. The Labute approximate surface area is 114 Å². The molecule has 1 aromatic carbocycles.